The molecule has 0 aliphatic heterocycles. The maximum Gasteiger partial charge on any atom is 0.220 e. The van der Waals surface area contributed by atoms with E-state index < -0.39 is 0 Å². The Morgan fingerprint density at radius 2 is 1.91 bits per heavy atom. The summed E-state index contributed by atoms with van der Waals surface area (Å²) in [5.41, 5.74) is 3.88. The third kappa shape index (κ3) is 4.14. The van der Waals surface area contributed by atoms with Crippen molar-refractivity contribution in [3.63, 3.8) is 0 Å². The van der Waals surface area contributed by atoms with Crippen LogP contribution >= 0.6 is 11.6 Å². The third-order valence-corrected chi connectivity index (χ3v) is 4.99. The van der Waals surface area contributed by atoms with E-state index in [9.17, 15) is 4.79 Å². The molecule has 0 aromatic heterocycles. The van der Waals surface area contributed by atoms with Crippen LogP contribution in [0.5, 0.6) is 0 Å². The molecule has 1 atom stereocenters. The lowest BCUT2D eigenvalue weighted by atomic mass is 9.83. The van der Waals surface area contributed by atoms with Crippen LogP contribution in [0.3, 0.4) is 0 Å². The fraction of sp³-hybridized carbons (Fsp3) is 0.350. The molecule has 23 heavy (non-hydrogen) atoms. The van der Waals surface area contributed by atoms with Crippen LogP contribution in [-0.2, 0) is 17.6 Å². The van der Waals surface area contributed by atoms with Gasteiger partial charge in [0, 0.05) is 23.9 Å². The van der Waals surface area contributed by atoms with Gasteiger partial charge in [-0.3, -0.25) is 4.79 Å². The minimum Gasteiger partial charge on any atom is -0.355 e. The van der Waals surface area contributed by atoms with Gasteiger partial charge in [-0.15, -0.1) is 0 Å². The van der Waals surface area contributed by atoms with E-state index in [1.165, 1.54) is 17.5 Å². The first kappa shape index (κ1) is 16.1. The van der Waals surface area contributed by atoms with E-state index in [1.807, 2.05) is 24.3 Å². The minimum absolute atomic E-state index is 0.105. The molecule has 1 aliphatic carbocycles. The molecule has 0 saturated heterocycles. The zero-order valence-electron chi connectivity index (χ0n) is 13.2. The van der Waals surface area contributed by atoms with E-state index in [0.29, 0.717) is 18.8 Å². The van der Waals surface area contributed by atoms with Gasteiger partial charge >= 0.3 is 0 Å². The average molecular weight is 328 g/mol. The molecule has 0 spiro atoms. The molecule has 3 rings (SSSR count). The average Bonchev–Trinajstić information content (AvgIpc) is 2.59. The second kappa shape index (κ2) is 7.65. The van der Waals surface area contributed by atoms with Crippen LogP contribution in [0.2, 0.25) is 5.02 Å². The topological polar surface area (TPSA) is 29.1 Å². The number of halogens is 1. The first-order chi connectivity index (χ1) is 11.2. The largest absolute Gasteiger partial charge is 0.355 e. The number of carbonyl (C=O) groups excluding carboxylic acids is 1. The van der Waals surface area contributed by atoms with Crippen LogP contribution in [0.25, 0.3) is 0 Å². The van der Waals surface area contributed by atoms with Gasteiger partial charge in [0.1, 0.15) is 0 Å². The molecule has 1 aliphatic rings. The van der Waals surface area contributed by atoms with Crippen molar-refractivity contribution in [2.75, 3.05) is 6.54 Å². The zero-order valence-corrected chi connectivity index (χ0v) is 14.0. The number of amides is 1. The van der Waals surface area contributed by atoms with Crippen molar-refractivity contribution >= 4 is 17.5 Å². The molecule has 2 aromatic carbocycles. The van der Waals surface area contributed by atoms with Gasteiger partial charge in [-0.1, -0.05) is 54.1 Å². The Kier molecular flexibility index (Phi) is 5.35. The summed E-state index contributed by atoms with van der Waals surface area (Å²) in [7, 11) is 0. The van der Waals surface area contributed by atoms with Crippen molar-refractivity contribution < 1.29 is 4.79 Å². The van der Waals surface area contributed by atoms with Crippen LogP contribution < -0.4 is 5.32 Å². The van der Waals surface area contributed by atoms with Gasteiger partial charge in [0.15, 0.2) is 0 Å². The minimum atomic E-state index is 0.105. The molecule has 1 N–H and O–H groups in total. The highest BCUT2D eigenvalue weighted by atomic mass is 35.5. The summed E-state index contributed by atoms with van der Waals surface area (Å²) >= 11 is 6.13. The molecule has 0 fully saturated rings. The van der Waals surface area contributed by atoms with Crippen LogP contribution in [0, 0.1) is 0 Å². The summed E-state index contributed by atoms with van der Waals surface area (Å²) < 4.78 is 0. The lowest BCUT2D eigenvalue weighted by Crippen LogP contribution is -2.30. The van der Waals surface area contributed by atoms with Gasteiger partial charge in [0.05, 0.1) is 0 Å². The molecule has 2 nitrogen and oxygen atoms in total. The predicted molar refractivity (Wildman–Crippen MR) is 94.9 cm³/mol. The molecule has 1 amide bonds. The first-order valence-electron chi connectivity index (χ1n) is 8.32. The fourth-order valence-electron chi connectivity index (χ4n) is 3.34. The molecule has 0 bridgehead atoms. The van der Waals surface area contributed by atoms with Crippen LogP contribution in [0.15, 0.2) is 48.5 Å². The second-order valence-corrected chi connectivity index (χ2v) is 6.59. The molecular weight excluding hydrogens is 306 g/mol. The van der Waals surface area contributed by atoms with Crippen LogP contribution in [0.4, 0.5) is 0 Å². The molecule has 120 valence electrons. The first-order valence-corrected chi connectivity index (χ1v) is 8.70. The third-order valence-electron chi connectivity index (χ3n) is 4.62. The number of benzene rings is 2. The Labute approximate surface area is 142 Å². The van der Waals surface area contributed by atoms with E-state index in [4.69, 9.17) is 11.6 Å². The number of hydrogen-bond acceptors (Lipinski definition) is 1. The van der Waals surface area contributed by atoms with Crippen molar-refractivity contribution in [1.82, 2.24) is 5.32 Å². The summed E-state index contributed by atoms with van der Waals surface area (Å²) in [6, 6.07) is 16.3. The molecule has 0 radical (unpaired) electrons. The normalized spacial score (nSPS) is 16.7. The van der Waals surface area contributed by atoms with Gasteiger partial charge < -0.3 is 5.32 Å². The van der Waals surface area contributed by atoms with Crippen LogP contribution in [-0.4, -0.2) is 12.5 Å². The number of fused-ring (bicyclic) bond motifs is 1. The van der Waals surface area contributed by atoms with Gasteiger partial charge in [-0.05, 0) is 48.4 Å². The Balaban J connectivity index is 1.51. The Bertz CT molecular complexity index is 683. The van der Waals surface area contributed by atoms with E-state index >= 15 is 0 Å². The number of carbonyl (C=O) groups is 1. The molecule has 0 heterocycles. The van der Waals surface area contributed by atoms with Crippen molar-refractivity contribution in [2.45, 2.75) is 38.0 Å². The maximum atomic E-state index is 12.1. The van der Waals surface area contributed by atoms with Gasteiger partial charge in [-0.25, -0.2) is 0 Å². The Hall–Kier alpha value is -1.80. The highest BCUT2D eigenvalue weighted by molar-refractivity contribution is 6.31. The van der Waals surface area contributed by atoms with Crippen molar-refractivity contribution in [1.29, 1.82) is 0 Å². The quantitative estimate of drug-likeness (QED) is 0.860. The number of nitrogens with one attached hydrogen (secondary N) is 1. The zero-order chi connectivity index (χ0) is 16.1. The Morgan fingerprint density at radius 3 is 2.78 bits per heavy atom. The standard InChI is InChI=1S/C20H22ClNO/c21-19-11-4-2-7-16(19)12-13-20(23)22-14-17-9-5-8-15-6-1-3-10-18(15)17/h1-4,6-7,10-11,17H,5,8-9,12-14H2,(H,22,23). The van der Waals surface area contributed by atoms with Crippen LogP contribution in [0.1, 0.15) is 41.9 Å². The molecule has 0 saturated carbocycles. The molecule has 2 aromatic rings. The fourth-order valence-corrected chi connectivity index (χ4v) is 3.57. The van der Waals surface area contributed by atoms with Crippen molar-refractivity contribution in [3.8, 4) is 0 Å². The SMILES string of the molecule is O=C(CCc1ccccc1Cl)NCC1CCCc2ccccc21. The summed E-state index contributed by atoms with van der Waals surface area (Å²) in [5, 5.41) is 3.84. The number of rotatable bonds is 5. The van der Waals surface area contributed by atoms with Crippen molar-refractivity contribution in [3.05, 3.63) is 70.2 Å². The summed E-state index contributed by atoms with van der Waals surface area (Å²) in [5.74, 6) is 0.553. The Morgan fingerprint density at radius 1 is 1.13 bits per heavy atom. The maximum absolute atomic E-state index is 12.1. The van der Waals surface area contributed by atoms with E-state index in [2.05, 4.69) is 29.6 Å². The molecule has 1 unspecified atom stereocenters. The highest BCUT2D eigenvalue weighted by Crippen LogP contribution is 2.30. The smallest absolute Gasteiger partial charge is 0.220 e. The van der Waals surface area contributed by atoms with E-state index in [1.54, 1.807) is 0 Å². The summed E-state index contributed by atoms with van der Waals surface area (Å²) in [6.45, 7) is 0.734. The lowest BCUT2D eigenvalue weighted by Gasteiger charge is -2.25. The lowest BCUT2D eigenvalue weighted by molar-refractivity contribution is -0.121. The molecular formula is C20H22ClNO. The van der Waals surface area contributed by atoms with E-state index in [-0.39, 0.29) is 5.91 Å². The predicted octanol–water partition coefficient (Wildman–Crippen LogP) is 4.51. The number of hydrogen-bond donors (Lipinski definition) is 1. The van der Waals surface area contributed by atoms with Gasteiger partial charge in [0.2, 0.25) is 5.91 Å². The monoisotopic (exact) mass is 327 g/mol. The van der Waals surface area contributed by atoms with Crippen molar-refractivity contribution in [2.24, 2.45) is 0 Å². The van der Waals surface area contributed by atoms with Gasteiger partial charge in [0.25, 0.3) is 0 Å². The summed E-state index contributed by atoms with van der Waals surface area (Å²) in [6.07, 6.45) is 4.69. The highest BCUT2D eigenvalue weighted by Gasteiger charge is 2.20. The molecule has 3 heteroatoms. The van der Waals surface area contributed by atoms with E-state index in [0.717, 1.165) is 30.0 Å². The van der Waals surface area contributed by atoms with Gasteiger partial charge in [-0.2, -0.15) is 0 Å². The number of aryl methyl sites for hydroxylation is 2. The second-order valence-electron chi connectivity index (χ2n) is 6.18. The summed E-state index contributed by atoms with van der Waals surface area (Å²) in [4.78, 5) is 12.1.